The first-order valence-corrected chi connectivity index (χ1v) is 29.2. The molecule has 6 rings (SSSR count). The number of benzene rings is 6. The van der Waals surface area contributed by atoms with Gasteiger partial charge in [-0.15, -0.1) is 9.98 Å². The van der Waals surface area contributed by atoms with Gasteiger partial charge in [-0.1, -0.05) is 60.7 Å². The number of alkyl carbamates (subject to hydrolysis) is 2. The zero-order valence-electron chi connectivity index (χ0n) is 53.8. The van der Waals surface area contributed by atoms with Gasteiger partial charge in [-0.05, 0) is 167 Å². The summed E-state index contributed by atoms with van der Waals surface area (Å²) in [6.07, 6.45) is -3.79. The summed E-state index contributed by atoms with van der Waals surface area (Å²) in [6.45, 7) is 19.7. The van der Waals surface area contributed by atoms with Crippen molar-refractivity contribution in [3.63, 3.8) is 0 Å². The van der Waals surface area contributed by atoms with Gasteiger partial charge < -0.3 is 62.7 Å². The topological polar surface area (TPSA) is 311 Å². The van der Waals surface area contributed by atoms with Gasteiger partial charge in [0.1, 0.15) is 71.8 Å². The Hall–Kier alpha value is -10.8. The number of rotatable bonds is 20. The average molecular weight is 1280 g/mol. The van der Waals surface area contributed by atoms with Gasteiger partial charge in [-0.25, -0.2) is 38.4 Å². The second-order valence-electron chi connectivity index (χ2n) is 24.1. The first-order valence-electron chi connectivity index (χ1n) is 29.2. The molecule has 4 amide bonds. The van der Waals surface area contributed by atoms with Crippen LogP contribution in [0.5, 0.6) is 23.0 Å². The number of hydrogen-bond donors (Lipinski definition) is 4. The Morgan fingerprint density at radius 3 is 1.03 bits per heavy atom. The largest absolute Gasteiger partial charge is 0.491 e. The van der Waals surface area contributed by atoms with Crippen molar-refractivity contribution in [1.29, 1.82) is 0 Å². The van der Waals surface area contributed by atoms with Gasteiger partial charge in [0, 0.05) is 23.5 Å². The lowest BCUT2D eigenvalue weighted by Gasteiger charge is -2.21. The molecular formula is C68H76N6O19. The molecule has 0 heterocycles. The van der Waals surface area contributed by atoms with Crippen LogP contribution in [0, 0.1) is 0 Å². The van der Waals surface area contributed by atoms with E-state index in [1.165, 1.54) is 84.9 Å². The minimum atomic E-state index is -0.993. The Kier molecular flexibility index (Phi) is 25.1. The summed E-state index contributed by atoms with van der Waals surface area (Å²) in [5.74, 6) is -3.63. The molecule has 0 aliphatic heterocycles. The average Bonchev–Trinajstić information content (AvgIpc) is 0.978. The number of aliphatic imine (C=N–C) groups is 2. The maximum Gasteiger partial charge on any atom is 0.437 e. The molecule has 0 atom stereocenters. The highest BCUT2D eigenvalue weighted by atomic mass is 16.6. The SMILES string of the molecule is CC(C)(C)OC(=O)N=C(NC(=O)OC(C)(C)C)Nc1ccc(C(=O)Oc2cc(OCCOCCOc3cc(OC(=O)c4ccc(NC(=NC(=O)OC(C)(C)C)NC(=O)OC(C)(C)C)cc4)cc(C(=O)OCc4ccccc4)c3)cc(C(=O)OCc3ccccc3)c2)cc1. The Morgan fingerprint density at radius 2 is 0.699 bits per heavy atom. The summed E-state index contributed by atoms with van der Waals surface area (Å²) in [6, 6.07) is 37.8. The van der Waals surface area contributed by atoms with E-state index in [1.807, 2.05) is 12.1 Å². The van der Waals surface area contributed by atoms with E-state index >= 15 is 0 Å². The highest BCUT2D eigenvalue weighted by Crippen LogP contribution is 2.28. The Bertz CT molecular complexity index is 3400. The molecule has 6 aromatic rings. The molecule has 0 unspecified atom stereocenters. The molecule has 0 aromatic heterocycles. The van der Waals surface area contributed by atoms with Crippen molar-refractivity contribution in [2.75, 3.05) is 37.1 Å². The maximum atomic E-state index is 13.6. The normalized spacial score (nSPS) is 11.8. The minimum absolute atomic E-state index is 0.000167. The van der Waals surface area contributed by atoms with E-state index < -0.39 is 70.7 Å². The lowest BCUT2D eigenvalue weighted by atomic mass is 10.2. The van der Waals surface area contributed by atoms with Crippen molar-refractivity contribution in [3.8, 4) is 23.0 Å². The number of carbonyl (C=O) groups excluding carboxylic acids is 8. The zero-order chi connectivity index (χ0) is 67.9. The van der Waals surface area contributed by atoms with Crippen LogP contribution in [0.4, 0.5) is 30.6 Å². The van der Waals surface area contributed by atoms with Crippen LogP contribution in [-0.4, -0.2) is 109 Å². The molecule has 0 fully saturated rings. The van der Waals surface area contributed by atoms with Gasteiger partial charge in [-0.2, -0.15) is 0 Å². The van der Waals surface area contributed by atoms with E-state index in [4.69, 9.17) is 52.1 Å². The van der Waals surface area contributed by atoms with E-state index in [1.54, 1.807) is 132 Å². The fourth-order valence-corrected chi connectivity index (χ4v) is 7.53. The molecule has 0 radical (unpaired) electrons. The fourth-order valence-electron chi connectivity index (χ4n) is 7.53. The third kappa shape index (κ3) is 27.0. The first kappa shape index (κ1) is 71.3. The van der Waals surface area contributed by atoms with E-state index in [0.29, 0.717) is 11.4 Å². The number of amides is 4. The molecule has 0 aliphatic rings. The maximum absolute atomic E-state index is 13.6. The smallest absolute Gasteiger partial charge is 0.437 e. The molecular weight excluding hydrogens is 1200 g/mol. The molecule has 6 aromatic carbocycles. The molecule has 0 saturated heterocycles. The summed E-state index contributed by atoms with van der Waals surface area (Å²) < 4.78 is 61.6. The monoisotopic (exact) mass is 1280 g/mol. The van der Waals surface area contributed by atoms with Gasteiger partial charge in [0.05, 0.1) is 35.5 Å². The number of carbonyl (C=O) groups is 8. The Labute approximate surface area is 538 Å². The third-order valence-electron chi connectivity index (χ3n) is 11.3. The number of ether oxygens (including phenoxy) is 11. The Balaban J connectivity index is 1.10. The van der Waals surface area contributed by atoms with Crippen LogP contribution < -0.4 is 40.2 Å². The predicted molar refractivity (Wildman–Crippen MR) is 342 cm³/mol. The number of nitrogens with one attached hydrogen (secondary N) is 4. The third-order valence-corrected chi connectivity index (χ3v) is 11.3. The first-order chi connectivity index (χ1) is 43.8. The number of guanidine groups is 2. The van der Waals surface area contributed by atoms with E-state index in [0.717, 1.165) is 11.1 Å². The van der Waals surface area contributed by atoms with E-state index in [-0.39, 0.29) is 96.8 Å². The second-order valence-corrected chi connectivity index (χ2v) is 24.1. The Morgan fingerprint density at radius 1 is 0.366 bits per heavy atom. The minimum Gasteiger partial charge on any atom is -0.491 e. The second kappa shape index (κ2) is 32.8. The van der Waals surface area contributed by atoms with Crippen molar-refractivity contribution in [3.05, 3.63) is 179 Å². The summed E-state index contributed by atoms with van der Waals surface area (Å²) in [4.78, 5) is 112. The van der Waals surface area contributed by atoms with Crippen molar-refractivity contribution < 1.29 is 90.5 Å². The molecule has 4 N–H and O–H groups in total. The molecule has 492 valence electrons. The summed E-state index contributed by atoms with van der Waals surface area (Å²) in [5.41, 5.74) is -1.28. The van der Waals surface area contributed by atoms with Crippen LogP contribution in [0.3, 0.4) is 0 Å². The van der Waals surface area contributed by atoms with Crippen LogP contribution in [0.15, 0.2) is 156 Å². The molecule has 0 spiro atoms. The van der Waals surface area contributed by atoms with Gasteiger partial charge in [0.25, 0.3) is 0 Å². The number of nitrogens with zero attached hydrogens (tertiary/aromatic N) is 2. The van der Waals surface area contributed by atoms with Crippen molar-refractivity contribution in [2.45, 2.75) is 119 Å². The van der Waals surface area contributed by atoms with Gasteiger partial charge >= 0.3 is 48.3 Å². The van der Waals surface area contributed by atoms with Crippen LogP contribution in [0.25, 0.3) is 0 Å². The summed E-state index contributed by atoms with van der Waals surface area (Å²) >= 11 is 0. The number of esters is 4. The standard InChI is InChI=1S/C68H76N6O19/c1-65(2,3)90-61(79)71-59(72-62(80)91-66(4,5)6)69-49-27-23-45(24-28-49)57(77)88-53-37-47(55(75)86-41-43-19-15-13-16-20-43)35-51(39-53)84-33-31-83-32-34-85-52-36-48(56(76)87-42-44-21-17-14-18-22-44)38-54(40-52)89-58(78)46-25-29-50(30-26-46)70-60(73-63(81)92-67(7,8)9)74-64(82)93-68(10,11)12/h13-30,35-40H,31-34,41-42H2,1-12H3,(H2,69,71,72,79,80)(H2,70,73,74,81,82). The van der Waals surface area contributed by atoms with Crippen LogP contribution in [0.2, 0.25) is 0 Å². The molecule has 0 aliphatic carbocycles. The van der Waals surface area contributed by atoms with Crippen LogP contribution in [0.1, 0.15) is 136 Å². The fraction of sp³-hybridized carbons (Fsp3) is 0.324. The van der Waals surface area contributed by atoms with Crippen molar-refractivity contribution in [1.82, 2.24) is 10.6 Å². The van der Waals surface area contributed by atoms with Crippen molar-refractivity contribution >= 4 is 71.5 Å². The highest BCUT2D eigenvalue weighted by Gasteiger charge is 2.24. The lowest BCUT2D eigenvalue weighted by Crippen LogP contribution is -2.40. The van der Waals surface area contributed by atoms with Gasteiger partial charge in [0.2, 0.25) is 11.9 Å². The summed E-state index contributed by atoms with van der Waals surface area (Å²) in [5, 5.41) is 10.4. The molecule has 93 heavy (non-hydrogen) atoms. The molecule has 25 nitrogen and oxygen atoms in total. The van der Waals surface area contributed by atoms with Crippen LogP contribution in [-0.2, 0) is 46.4 Å². The lowest BCUT2D eigenvalue weighted by molar-refractivity contribution is 0.0463. The van der Waals surface area contributed by atoms with Crippen LogP contribution >= 0.6 is 0 Å². The highest BCUT2D eigenvalue weighted by molar-refractivity contribution is 6.07. The van der Waals surface area contributed by atoms with E-state index in [9.17, 15) is 38.4 Å². The summed E-state index contributed by atoms with van der Waals surface area (Å²) in [7, 11) is 0. The number of hydrogen-bond acceptors (Lipinski definition) is 19. The molecule has 25 heteroatoms. The zero-order valence-corrected chi connectivity index (χ0v) is 53.8. The number of anilines is 2. The molecule has 0 bridgehead atoms. The predicted octanol–water partition coefficient (Wildman–Crippen LogP) is 12.8. The van der Waals surface area contributed by atoms with Gasteiger partial charge in [0.15, 0.2) is 0 Å². The van der Waals surface area contributed by atoms with E-state index in [2.05, 4.69) is 31.3 Å². The molecule has 0 saturated carbocycles. The van der Waals surface area contributed by atoms with Gasteiger partial charge in [-0.3, -0.25) is 10.6 Å². The quantitative estimate of drug-likeness (QED) is 0.0138. The van der Waals surface area contributed by atoms with Crippen molar-refractivity contribution in [2.24, 2.45) is 9.98 Å².